The van der Waals surface area contributed by atoms with E-state index in [1.165, 1.54) is 43.3 Å². The lowest BCUT2D eigenvalue weighted by Crippen LogP contribution is -2.26. The largest absolute Gasteiger partial charge is 0.545 e. The van der Waals surface area contributed by atoms with Gasteiger partial charge in [0, 0.05) is 22.8 Å². The van der Waals surface area contributed by atoms with Crippen LogP contribution in [0.5, 0.6) is 11.5 Å². The fraction of sp³-hybridized carbons (Fsp3) is 0.118. The third-order valence-corrected chi connectivity index (χ3v) is 3.53. The van der Waals surface area contributed by atoms with E-state index in [-0.39, 0.29) is 35.0 Å². The van der Waals surface area contributed by atoms with Crippen LogP contribution >= 0.6 is 0 Å². The van der Waals surface area contributed by atoms with Crippen molar-refractivity contribution in [1.82, 2.24) is 0 Å². The van der Waals surface area contributed by atoms with Gasteiger partial charge in [0.15, 0.2) is 17.3 Å². The zero-order chi connectivity index (χ0) is 17.3. The van der Waals surface area contributed by atoms with Crippen LogP contribution in [0.3, 0.4) is 0 Å². The molecule has 2 aromatic carbocycles. The van der Waals surface area contributed by atoms with Gasteiger partial charge in [-0.25, -0.2) is 0 Å². The number of Topliss-reactive ketones (excluding diaryl/α,β-unsaturated/α-hetero) is 1. The maximum atomic E-state index is 12.4. The van der Waals surface area contributed by atoms with E-state index < -0.39 is 11.9 Å². The third-order valence-electron chi connectivity index (χ3n) is 3.53. The number of ketones is 1. The smallest absolute Gasteiger partial charge is 0.256 e. The number of carbonyl (C=O) groups is 3. The van der Waals surface area contributed by atoms with Crippen LogP contribution in [-0.4, -0.2) is 24.5 Å². The first-order valence-corrected chi connectivity index (χ1v) is 7.03. The molecule has 0 unspecified atom stereocenters. The number of rotatable bonds is 4. The van der Waals surface area contributed by atoms with E-state index in [1.807, 2.05) is 0 Å². The zero-order valence-corrected chi connectivity index (χ0v) is 12.6. The van der Waals surface area contributed by atoms with E-state index in [1.54, 1.807) is 0 Å². The molecular weight excluding hydrogens is 314 g/mol. The summed E-state index contributed by atoms with van der Waals surface area (Å²) in [4.78, 5) is 35.4. The Balaban J connectivity index is 1.98. The van der Waals surface area contributed by atoms with Gasteiger partial charge in [0.25, 0.3) is 5.91 Å². The normalized spacial score (nSPS) is 11.9. The minimum Gasteiger partial charge on any atom is -0.545 e. The van der Waals surface area contributed by atoms with Crippen molar-refractivity contribution in [3.8, 4) is 11.5 Å². The summed E-state index contributed by atoms with van der Waals surface area (Å²) in [6.07, 6.45) is 0. The minimum atomic E-state index is -1.46. The summed E-state index contributed by atoms with van der Waals surface area (Å²) >= 11 is 0. The number of aromatic carboxylic acids is 1. The third kappa shape index (κ3) is 2.79. The maximum absolute atomic E-state index is 12.4. The standard InChI is InChI=1S/C17H13NO6/c1-9(19)12-6-14-15(24-8-23-14)7-13(12)18-16(20)10-4-2-3-5-11(10)17(21)22/h2-7H,8H2,1H3,(H,18,20)(H,21,22)/p-1. The van der Waals surface area contributed by atoms with Crippen molar-refractivity contribution in [2.75, 3.05) is 12.1 Å². The Morgan fingerprint density at radius 3 is 2.25 bits per heavy atom. The molecule has 0 spiro atoms. The average molecular weight is 326 g/mol. The lowest BCUT2D eigenvalue weighted by molar-refractivity contribution is -0.255. The van der Waals surface area contributed by atoms with E-state index in [9.17, 15) is 19.5 Å². The molecule has 0 fully saturated rings. The Labute approximate surface area is 136 Å². The second-order valence-electron chi connectivity index (χ2n) is 5.09. The zero-order valence-electron chi connectivity index (χ0n) is 12.6. The molecule has 7 nitrogen and oxygen atoms in total. The molecule has 2 aromatic rings. The summed E-state index contributed by atoms with van der Waals surface area (Å²) < 4.78 is 10.4. The number of carboxylic acids is 1. The van der Waals surface area contributed by atoms with E-state index >= 15 is 0 Å². The molecule has 0 aromatic heterocycles. The van der Waals surface area contributed by atoms with Gasteiger partial charge in [-0.15, -0.1) is 0 Å². The Bertz CT molecular complexity index is 858. The van der Waals surface area contributed by atoms with Gasteiger partial charge in [-0.2, -0.15) is 0 Å². The lowest BCUT2D eigenvalue weighted by atomic mass is 10.1. The highest BCUT2D eigenvalue weighted by Crippen LogP contribution is 2.37. The maximum Gasteiger partial charge on any atom is 0.256 e. The number of benzene rings is 2. The number of fused-ring (bicyclic) bond motifs is 1. The van der Waals surface area contributed by atoms with Gasteiger partial charge in [0.05, 0.1) is 11.7 Å². The summed E-state index contributed by atoms with van der Waals surface area (Å²) in [5, 5.41) is 13.7. The molecule has 122 valence electrons. The van der Waals surface area contributed by atoms with Crippen molar-refractivity contribution in [2.24, 2.45) is 0 Å². The Morgan fingerprint density at radius 1 is 1.00 bits per heavy atom. The van der Waals surface area contributed by atoms with Gasteiger partial charge in [-0.3, -0.25) is 9.59 Å². The number of carbonyl (C=O) groups excluding carboxylic acids is 3. The molecule has 1 aliphatic heterocycles. The molecule has 0 bridgehead atoms. The summed E-state index contributed by atoms with van der Waals surface area (Å²) in [5.41, 5.74) is 0.146. The first-order valence-electron chi connectivity index (χ1n) is 7.03. The molecule has 0 aliphatic carbocycles. The molecule has 0 atom stereocenters. The monoisotopic (exact) mass is 326 g/mol. The van der Waals surface area contributed by atoms with E-state index in [0.29, 0.717) is 11.5 Å². The van der Waals surface area contributed by atoms with Gasteiger partial charge in [-0.05, 0) is 19.1 Å². The molecule has 1 amide bonds. The Kier molecular flexibility index (Phi) is 3.91. The molecule has 24 heavy (non-hydrogen) atoms. The van der Waals surface area contributed by atoms with Crippen molar-refractivity contribution in [3.63, 3.8) is 0 Å². The minimum absolute atomic E-state index is 0.0254. The molecule has 1 aliphatic rings. The second kappa shape index (κ2) is 6.04. The number of hydrogen-bond acceptors (Lipinski definition) is 6. The number of hydrogen-bond donors (Lipinski definition) is 1. The van der Waals surface area contributed by atoms with Crippen LogP contribution in [0.1, 0.15) is 38.0 Å². The summed E-state index contributed by atoms with van der Waals surface area (Å²) in [5.74, 6) is -1.61. The Morgan fingerprint density at radius 2 is 1.62 bits per heavy atom. The average Bonchev–Trinajstić information content (AvgIpc) is 3.01. The summed E-state index contributed by atoms with van der Waals surface area (Å²) in [7, 11) is 0. The molecule has 0 saturated carbocycles. The molecule has 0 radical (unpaired) electrons. The highest BCUT2D eigenvalue weighted by Gasteiger charge is 2.21. The van der Waals surface area contributed by atoms with Gasteiger partial charge < -0.3 is 24.7 Å². The van der Waals surface area contributed by atoms with Crippen molar-refractivity contribution in [3.05, 3.63) is 53.1 Å². The lowest BCUT2D eigenvalue weighted by Gasteiger charge is -2.13. The SMILES string of the molecule is CC(=O)c1cc2c(cc1NC(=O)c1ccccc1C(=O)[O-])OCO2. The first-order chi connectivity index (χ1) is 11.5. The molecule has 1 heterocycles. The fourth-order valence-corrected chi connectivity index (χ4v) is 2.39. The van der Waals surface area contributed by atoms with Gasteiger partial charge >= 0.3 is 0 Å². The van der Waals surface area contributed by atoms with Gasteiger partial charge in [-0.1, -0.05) is 18.2 Å². The van der Waals surface area contributed by atoms with Crippen molar-refractivity contribution < 1.29 is 29.0 Å². The number of anilines is 1. The molecular formula is C17H12NO6-. The van der Waals surface area contributed by atoms with Crippen LogP contribution in [0.2, 0.25) is 0 Å². The van der Waals surface area contributed by atoms with Crippen LogP contribution in [0.4, 0.5) is 5.69 Å². The van der Waals surface area contributed by atoms with Crippen LogP contribution in [0.25, 0.3) is 0 Å². The van der Waals surface area contributed by atoms with Crippen LogP contribution in [0.15, 0.2) is 36.4 Å². The predicted octanol–water partition coefficient (Wildman–Crippen LogP) is 1.23. The van der Waals surface area contributed by atoms with Crippen molar-refractivity contribution in [1.29, 1.82) is 0 Å². The topological polar surface area (TPSA) is 105 Å². The van der Waals surface area contributed by atoms with Crippen molar-refractivity contribution >= 4 is 23.3 Å². The predicted molar refractivity (Wildman–Crippen MR) is 81.3 cm³/mol. The van der Waals surface area contributed by atoms with Gasteiger partial charge in [0.2, 0.25) is 6.79 Å². The van der Waals surface area contributed by atoms with Crippen LogP contribution in [-0.2, 0) is 0 Å². The Hall–Kier alpha value is -3.35. The number of nitrogens with one attached hydrogen (secondary N) is 1. The fourth-order valence-electron chi connectivity index (χ4n) is 2.39. The van der Waals surface area contributed by atoms with Crippen molar-refractivity contribution in [2.45, 2.75) is 6.92 Å². The molecule has 7 heteroatoms. The summed E-state index contributed by atoms with van der Waals surface area (Å²) in [6.45, 7) is 1.37. The highest BCUT2D eigenvalue weighted by atomic mass is 16.7. The van der Waals surface area contributed by atoms with Gasteiger partial charge in [0.1, 0.15) is 0 Å². The molecule has 0 saturated heterocycles. The number of amides is 1. The van der Waals surface area contributed by atoms with E-state index in [0.717, 1.165) is 0 Å². The van der Waals surface area contributed by atoms with Crippen LogP contribution in [0, 0.1) is 0 Å². The number of carboxylic acid groups (broad SMARTS) is 1. The number of ether oxygens (including phenoxy) is 2. The molecule has 3 rings (SSSR count). The van der Waals surface area contributed by atoms with E-state index in [2.05, 4.69) is 5.32 Å². The van der Waals surface area contributed by atoms with Crippen LogP contribution < -0.4 is 19.9 Å². The van der Waals surface area contributed by atoms with E-state index in [4.69, 9.17) is 9.47 Å². The molecule has 1 N–H and O–H groups in total. The quantitative estimate of drug-likeness (QED) is 0.847. The highest BCUT2D eigenvalue weighted by molar-refractivity contribution is 6.13. The second-order valence-corrected chi connectivity index (χ2v) is 5.09. The first kappa shape index (κ1) is 15.5. The summed E-state index contributed by atoms with van der Waals surface area (Å²) in [6, 6.07) is 8.61.